The molecule has 0 spiro atoms. The van der Waals surface area contributed by atoms with Gasteiger partial charge in [-0.25, -0.2) is 4.39 Å². The van der Waals surface area contributed by atoms with Gasteiger partial charge in [-0.2, -0.15) is 0 Å². The molecule has 0 bridgehead atoms. The van der Waals surface area contributed by atoms with Gasteiger partial charge in [-0.3, -0.25) is 4.98 Å². The molecule has 2 aromatic carbocycles. The number of nitrogens with one attached hydrogen (secondary N) is 1. The number of anilines is 1. The van der Waals surface area contributed by atoms with Crippen molar-refractivity contribution in [3.05, 3.63) is 71.3 Å². The molecule has 0 radical (unpaired) electrons. The Morgan fingerprint density at radius 1 is 1.10 bits per heavy atom. The summed E-state index contributed by atoms with van der Waals surface area (Å²) in [5, 5.41) is 5.74. The Balaban J connectivity index is 1.91. The minimum atomic E-state index is -0.302. The normalized spacial score (nSPS) is 10.7. The molecule has 0 saturated heterocycles. The summed E-state index contributed by atoms with van der Waals surface area (Å²) < 4.78 is 13.7. The number of nitrogens with zero attached hydrogens (tertiary/aromatic N) is 1. The fourth-order valence-corrected chi connectivity index (χ4v) is 2.38. The van der Waals surface area contributed by atoms with Crippen LogP contribution in [0.1, 0.15) is 5.56 Å². The van der Waals surface area contributed by atoms with E-state index in [1.807, 2.05) is 24.3 Å². The van der Waals surface area contributed by atoms with E-state index in [2.05, 4.69) is 10.3 Å². The first-order valence-corrected chi connectivity index (χ1v) is 6.63. The average Bonchev–Trinajstić information content (AvgIpc) is 2.47. The number of hydrogen-bond acceptors (Lipinski definition) is 2. The molecule has 1 heterocycles. The highest BCUT2D eigenvalue weighted by atomic mass is 35.5. The second-order valence-electron chi connectivity index (χ2n) is 4.46. The Labute approximate surface area is 121 Å². The van der Waals surface area contributed by atoms with E-state index in [-0.39, 0.29) is 5.82 Å². The summed E-state index contributed by atoms with van der Waals surface area (Å²) in [5.74, 6) is -0.302. The Morgan fingerprint density at radius 3 is 2.80 bits per heavy atom. The number of fused-ring (bicyclic) bond motifs is 1. The monoisotopic (exact) mass is 286 g/mol. The van der Waals surface area contributed by atoms with Gasteiger partial charge in [0, 0.05) is 40.6 Å². The number of halogens is 2. The largest absolute Gasteiger partial charge is 0.380 e. The first-order valence-electron chi connectivity index (χ1n) is 6.25. The maximum atomic E-state index is 13.7. The molecule has 3 aromatic rings. The van der Waals surface area contributed by atoms with E-state index in [0.29, 0.717) is 17.1 Å². The maximum Gasteiger partial charge on any atom is 0.129 e. The lowest BCUT2D eigenvalue weighted by Crippen LogP contribution is -2.03. The smallest absolute Gasteiger partial charge is 0.129 e. The third kappa shape index (κ3) is 2.45. The molecule has 1 aromatic heterocycles. The first kappa shape index (κ1) is 12.9. The van der Waals surface area contributed by atoms with Crippen molar-refractivity contribution in [2.24, 2.45) is 0 Å². The predicted octanol–water partition coefficient (Wildman–Crippen LogP) is 4.64. The third-order valence-electron chi connectivity index (χ3n) is 3.20. The lowest BCUT2D eigenvalue weighted by Gasteiger charge is -2.11. The van der Waals surface area contributed by atoms with Gasteiger partial charge in [-0.05, 0) is 29.7 Å². The number of aromatic nitrogens is 1. The molecule has 0 aliphatic heterocycles. The van der Waals surface area contributed by atoms with Gasteiger partial charge >= 0.3 is 0 Å². The van der Waals surface area contributed by atoms with Crippen molar-refractivity contribution in [2.75, 3.05) is 5.32 Å². The van der Waals surface area contributed by atoms with Crippen molar-refractivity contribution < 1.29 is 4.39 Å². The molecule has 100 valence electrons. The van der Waals surface area contributed by atoms with Crippen molar-refractivity contribution >= 4 is 28.1 Å². The Bertz CT molecular complexity index is 733. The van der Waals surface area contributed by atoms with E-state index in [9.17, 15) is 4.39 Å². The van der Waals surface area contributed by atoms with Gasteiger partial charge in [0.2, 0.25) is 0 Å². The zero-order valence-electron chi connectivity index (χ0n) is 10.6. The van der Waals surface area contributed by atoms with Crippen molar-refractivity contribution in [3.8, 4) is 0 Å². The molecule has 2 nitrogen and oxygen atoms in total. The van der Waals surface area contributed by atoms with Gasteiger partial charge in [0.15, 0.2) is 0 Å². The van der Waals surface area contributed by atoms with E-state index in [4.69, 9.17) is 11.6 Å². The molecule has 0 unspecified atom stereocenters. The molecule has 20 heavy (non-hydrogen) atoms. The molecule has 4 heteroatoms. The fourth-order valence-electron chi connectivity index (χ4n) is 2.15. The molecular formula is C16H12ClFN2. The average molecular weight is 287 g/mol. The molecule has 0 aliphatic carbocycles. The first-order chi connectivity index (χ1) is 9.75. The van der Waals surface area contributed by atoms with Crippen LogP contribution in [0, 0.1) is 5.82 Å². The summed E-state index contributed by atoms with van der Waals surface area (Å²) in [6, 6.07) is 12.5. The standard InChI is InChI=1S/C16H12ClFN2/c17-14-4-2-5-15(18)13(14)10-20-16-6-1-3-11-7-8-19-9-12(11)16/h1-9,20H,10H2. The van der Waals surface area contributed by atoms with Gasteiger partial charge < -0.3 is 5.32 Å². The van der Waals surface area contributed by atoms with Gasteiger partial charge in [-0.1, -0.05) is 29.8 Å². The summed E-state index contributed by atoms with van der Waals surface area (Å²) in [6.45, 7) is 0.333. The molecule has 0 saturated carbocycles. The van der Waals surface area contributed by atoms with Crippen LogP contribution >= 0.6 is 11.6 Å². The van der Waals surface area contributed by atoms with E-state index < -0.39 is 0 Å². The summed E-state index contributed by atoms with van der Waals surface area (Å²) in [4.78, 5) is 4.12. The van der Waals surface area contributed by atoms with E-state index in [0.717, 1.165) is 16.5 Å². The zero-order chi connectivity index (χ0) is 13.9. The van der Waals surface area contributed by atoms with Crippen LogP contribution in [0.25, 0.3) is 10.8 Å². The molecule has 0 atom stereocenters. The highest BCUT2D eigenvalue weighted by Crippen LogP contribution is 2.25. The second-order valence-corrected chi connectivity index (χ2v) is 4.86. The number of rotatable bonds is 3. The quantitative estimate of drug-likeness (QED) is 0.759. The van der Waals surface area contributed by atoms with Crippen LogP contribution in [0.15, 0.2) is 54.9 Å². The van der Waals surface area contributed by atoms with Gasteiger partial charge in [-0.15, -0.1) is 0 Å². The number of hydrogen-bond donors (Lipinski definition) is 1. The van der Waals surface area contributed by atoms with E-state index in [1.165, 1.54) is 6.07 Å². The van der Waals surface area contributed by atoms with Crippen LogP contribution < -0.4 is 5.32 Å². The van der Waals surface area contributed by atoms with Crippen LogP contribution in [0.4, 0.5) is 10.1 Å². The van der Waals surface area contributed by atoms with Crippen LogP contribution in [0.3, 0.4) is 0 Å². The van der Waals surface area contributed by atoms with Crippen LogP contribution in [-0.2, 0) is 6.54 Å². The van der Waals surface area contributed by atoms with E-state index >= 15 is 0 Å². The van der Waals surface area contributed by atoms with E-state index in [1.54, 1.807) is 24.5 Å². The highest BCUT2D eigenvalue weighted by Gasteiger charge is 2.07. The van der Waals surface area contributed by atoms with Gasteiger partial charge in [0.25, 0.3) is 0 Å². The summed E-state index contributed by atoms with van der Waals surface area (Å²) in [6.07, 6.45) is 3.54. The molecule has 0 fully saturated rings. The summed E-state index contributed by atoms with van der Waals surface area (Å²) >= 11 is 6.02. The lowest BCUT2D eigenvalue weighted by atomic mass is 10.1. The minimum Gasteiger partial charge on any atom is -0.380 e. The lowest BCUT2D eigenvalue weighted by molar-refractivity contribution is 0.613. The number of pyridine rings is 1. The van der Waals surface area contributed by atoms with Crippen molar-refractivity contribution in [1.82, 2.24) is 4.98 Å². The van der Waals surface area contributed by atoms with Crippen molar-refractivity contribution in [2.45, 2.75) is 6.54 Å². The highest BCUT2D eigenvalue weighted by molar-refractivity contribution is 6.31. The van der Waals surface area contributed by atoms with Crippen LogP contribution in [0.5, 0.6) is 0 Å². The molecule has 0 amide bonds. The van der Waals surface area contributed by atoms with Gasteiger partial charge in [0.05, 0.1) is 0 Å². The van der Waals surface area contributed by atoms with Gasteiger partial charge in [0.1, 0.15) is 5.82 Å². The SMILES string of the molecule is Fc1cccc(Cl)c1CNc1cccc2ccncc12. The summed E-state index contributed by atoms with van der Waals surface area (Å²) in [5.41, 5.74) is 1.38. The minimum absolute atomic E-state index is 0.302. The zero-order valence-corrected chi connectivity index (χ0v) is 11.4. The number of benzene rings is 2. The Kier molecular flexibility index (Phi) is 3.52. The maximum absolute atomic E-state index is 13.7. The van der Waals surface area contributed by atoms with Crippen molar-refractivity contribution in [3.63, 3.8) is 0 Å². The molecule has 1 N–H and O–H groups in total. The fraction of sp³-hybridized carbons (Fsp3) is 0.0625. The second kappa shape index (κ2) is 5.47. The Morgan fingerprint density at radius 2 is 1.95 bits per heavy atom. The predicted molar refractivity (Wildman–Crippen MR) is 80.5 cm³/mol. The molecule has 3 rings (SSSR count). The Hall–Kier alpha value is -2.13. The van der Waals surface area contributed by atoms with Crippen molar-refractivity contribution in [1.29, 1.82) is 0 Å². The third-order valence-corrected chi connectivity index (χ3v) is 3.56. The molecule has 0 aliphatic rings. The summed E-state index contributed by atoms with van der Waals surface area (Å²) in [7, 11) is 0. The van der Waals surface area contributed by atoms with Crippen LogP contribution in [-0.4, -0.2) is 4.98 Å². The topological polar surface area (TPSA) is 24.9 Å². The molecular weight excluding hydrogens is 275 g/mol. The van der Waals surface area contributed by atoms with Crippen LogP contribution in [0.2, 0.25) is 5.02 Å².